The second-order valence-corrected chi connectivity index (χ2v) is 4.97. The molecule has 0 aliphatic rings. The van der Waals surface area contributed by atoms with Crippen LogP contribution in [0.1, 0.15) is 12.8 Å². The fourth-order valence-electron chi connectivity index (χ4n) is 2.26. The molecule has 116 valence electrons. The Labute approximate surface area is 130 Å². The van der Waals surface area contributed by atoms with Gasteiger partial charge in [0.1, 0.15) is 11.0 Å². The molecule has 7 nitrogen and oxygen atoms in total. The second kappa shape index (κ2) is 5.88. The molecule has 3 aromatic rings. The fraction of sp³-hybridized carbons (Fsp3) is 0.125. The molecule has 7 heteroatoms. The fourth-order valence-corrected chi connectivity index (χ4v) is 2.26. The number of fused-ring (bicyclic) bond motifs is 1. The van der Waals surface area contributed by atoms with Crippen molar-refractivity contribution in [3.05, 3.63) is 58.0 Å². The minimum absolute atomic E-state index is 0.0107. The van der Waals surface area contributed by atoms with Gasteiger partial charge in [0.15, 0.2) is 16.9 Å². The zero-order valence-corrected chi connectivity index (χ0v) is 12.0. The van der Waals surface area contributed by atoms with Crippen LogP contribution in [-0.2, 0) is 4.79 Å². The standard InChI is InChI=1S/C16H13N3O4/c20-11(6-7-13(22)23)14-12(21)8-9-19-16(14)17-15(18-19)10-4-2-1-3-5-10/h1-5,8-9,20H,6-7H2,(H,22,23). The molecule has 0 spiro atoms. The molecular formula is C16H13N3O4. The highest BCUT2D eigenvalue weighted by Crippen LogP contribution is 2.14. The molecule has 0 fully saturated rings. The predicted molar refractivity (Wildman–Crippen MR) is 82.8 cm³/mol. The number of carbonyl (C=O) groups is 1. The van der Waals surface area contributed by atoms with Gasteiger partial charge in [-0.05, 0) is 0 Å². The summed E-state index contributed by atoms with van der Waals surface area (Å²) < 4.78 is 1.40. The van der Waals surface area contributed by atoms with Crippen LogP contribution in [0.5, 0.6) is 0 Å². The Bertz CT molecular complexity index is 980. The minimum Gasteiger partial charge on any atom is -0.511 e. The van der Waals surface area contributed by atoms with Gasteiger partial charge in [-0.15, -0.1) is 5.10 Å². The van der Waals surface area contributed by atoms with E-state index in [0.717, 1.165) is 5.56 Å². The molecule has 0 saturated carbocycles. The maximum Gasteiger partial charge on any atom is 0.303 e. The van der Waals surface area contributed by atoms with Gasteiger partial charge in [-0.25, -0.2) is 9.50 Å². The third-order valence-electron chi connectivity index (χ3n) is 3.36. The predicted octanol–water partition coefficient (Wildman–Crippen LogP) is 1.01. The van der Waals surface area contributed by atoms with E-state index in [1.807, 2.05) is 30.3 Å². The summed E-state index contributed by atoms with van der Waals surface area (Å²) >= 11 is 0. The maximum atomic E-state index is 12.1. The first-order chi connectivity index (χ1) is 11.1. The van der Waals surface area contributed by atoms with Crippen LogP contribution in [0.15, 0.2) is 47.4 Å². The molecular weight excluding hydrogens is 298 g/mol. The van der Waals surface area contributed by atoms with Gasteiger partial charge in [0.05, 0.1) is 6.42 Å². The number of rotatable bonds is 4. The van der Waals surface area contributed by atoms with Gasteiger partial charge in [-0.1, -0.05) is 30.3 Å². The number of aliphatic carboxylic acids is 1. The van der Waals surface area contributed by atoms with Crippen LogP contribution in [0.4, 0.5) is 0 Å². The Balaban J connectivity index is 2.20. The molecule has 2 heterocycles. The lowest BCUT2D eigenvalue weighted by molar-refractivity contribution is -0.136. The third kappa shape index (κ3) is 2.89. The van der Waals surface area contributed by atoms with Crippen LogP contribution in [-0.4, -0.2) is 30.8 Å². The number of benzene rings is 1. The van der Waals surface area contributed by atoms with Crippen molar-refractivity contribution in [2.75, 3.05) is 0 Å². The summed E-state index contributed by atoms with van der Waals surface area (Å²) in [5, 5.41) is 23.1. The van der Waals surface area contributed by atoms with Crippen LogP contribution in [0.25, 0.3) is 22.8 Å². The highest BCUT2D eigenvalue weighted by atomic mass is 16.4. The van der Waals surface area contributed by atoms with Gasteiger partial charge in [0.2, 0.25) is 0 Å². The van der Waals surface area contributed by atoms with E-state index in [4.69, 9.17) is 5.11 Å². The molecule has 0 saturated heterocycles. The average Bonchev–Trinajstić information content (AvgIpc) is 2.97. The minimum atomic E-state index is -1.05. The molecule has 0 bridgehead atoms. The molecule has 0 atom stereocenters. The maximum absolute atomic E-state index is 12.1. The summed E-state index contributed by atoms with van der Waals surface area (Å²) in [6, 6.07) is 10.5. The van der Waals surface area contributed by atoms with Gasteiger partial charge in [-0.3, -0.25) is 9.59 Å². The van der Waals surface area contributed by atoms with E-state index in [1.165, 1.54) is 16.8 Å². The van der Waals surface area contributed by atoms with Crippen molar-refractivity contribution in [2.24, 2.45) is 0 Å². The number of aliphatic hydroxyl groups is 1. The Morgan fingerprint density at radius 3 is 2.52 bits per heavy atom. The molecule has 2 N–H and O–H groups in total. The molecule has 23 heavy (non-hydrogen) atoms. The summed E-state index contributed by atoms with van der Waals surface area (Å²) in [4.78, 5) is 27.0. The smallest absolute Gasteiger partial charge is 0.303 e. The van der Waals surface area contributed by atoms with Gasteiger partial charge in [-0.2, -0.15) is 0 Å². The highest BCUT2D eigenvalue weighted by molar-refractivity contribution is 5.68. The molecule has 0 amide bonds. The Morgan fingerprint density at radius 2 is 1.83 bits per heavy atom. The number of aromatic nitrogens is 3. The van der Waals surface area contributed by atoms with Gasteiger partial charge in [0.25, 0.3) is 0 Å². The van der Waals surface area contributed by atoms with E-state index in [9.17, 15) is 14.7 Å². The van der Waals surface area contributed by atoms with Crippen molar-refractivity contribution >= 4 is 17.4 Å². The van der Waals surface area contributed by atoms with Crippen molar-refractivity contribution in [3.63, 3.8) is 0 Å². The number of nitrogens with zero attached hydrogens (tertiary/aromatic N) is 3. The monoisotopic (exact) mass is 311 g/mol. The largest absolute Gasteiger partial charge is 0.511 e. The summed E-state index contributed by atoms with van der Waals surface area (Å²) in [5.41, 5.74) is 0.561. The Kier molecular flexibility index (Phi) is 3.76. The highest BCUT2D eigenvalue weighted by Gasteiger charge is 2.12. The molecule has 1 aromatic carbocycles. The molecule has 3 rings (SSSR count). The van der Waals surface area contributed by atoms with E-state index < -0.39 is 11.4 Å². The lowest BCUT2D eigenvalue weighted by Crippen LogP contribution is -2.29. The van der Waals surface area contributed by atoms with Gasteiger partial charge in [0, 0.05) is 24.2 Å². The number of hydrogen-bond acceptors (Lipinski definition) is 5. The number of carboxylic acid groups (broad SMARTS) is 1. The van der Waals surface area contributed by atoms with Crippen molar-refractivity contribution in [1.29, 1.82) is 0 Å². The topological polar surface area (TPSA) is 105 Å². The molecule has 0 aliphatic carbocycles. The lowest BCUT2D eigenvalue weighted by atomic mass is 10.2. The van der Waals surface area contributed by atoms with Crippen molar-refractivity contribution in [1.82, 2.24) is 14.6 Å². The number of carboxylic acids is 1. The van der Waals surface area contributed by atoms with E-state index in [2.05, 4.69) is 10.1 Å². The zero-order chi connectivity index (χ0) is 16.4. The molecule has 0 unspecified atom stereocenters. The lowest BCUT2D eigenvalue weighted by Gasteiger charge is -1.97. The van der Waals surface area contributed by atoms with E-state index >= 15 is 0 Å². The Hall–Kier alpha value is -3.22. The first-order valence-electron chi connectivity index (χ1n) is 6.95. The van der Waals surface area contributed by atoms with E-state index in [0.29, 0.717) is 5.82 Å². The second-order valence-electron chi connectivity index (χ2n) is 4.97. The van der Waals surface area contributed by atoms with E-state index in [1.54, 1.807) is 0 Å². The summed E-state index contributed by atoms with van der Waals surface area (Å²) in [5.74, 6) is -0.930. The first-order valence-corrected chi connectivity index (χ1v) is 6.95. The van der Waals surface area contributed by atoms with Crippen LogP contribution in [0.2, 0.25) is 0 Å². The summed E-state index contributed by atoms with van der Waals surface area (Å²) in [6.45, 7) is 0. The van der Waals surface area contributed by atoms with Crippen molar-refractivity contribution in [3.8, 4) is 11.4 Å². The molecule has 0 aliphatic heterocycles. The van der Waals surface area contributed by atoms with Crippen LogP contribution in [0.3, 0.4) is 0 Å². The van der Waals surface area contributed by atoms with Gasteiger partial charge < -0.3 is 10.2 Å². The first kappa shape index (κ1) is 14.7. The molecule has 2 aromatic heterocycles. The number of pyridine rings is 1. The average molecular weight is 311 g/mol. The third-order valence-corrected chi connectivity index (χ3v) is 3.36. The summed E-state index contributed by atoms with van der Waals surface area (Å²) in [7, 11) is 0. The number of aliphatic hydroxyl groups excluding tert-OH is 1. The van der Waals surface area contributed by atoms with Crippen LogP contribution < -0.4 is 10.6 Å². The van der Waals surface area contributed by atoms with Gasteiger partial charge >= 0.3 is 5.97 Å². The quantitative estimate of drug-likeness (QED) is 0.745. The van der Waals surface area contributed by atoms with Crippen LogP contribution >= 0.6 is 0 Å². The zero-order valence-electron chi connectivity index (χ0n) is 12.0. The Morgan fingerprint density at radius 1 is 1.09 bits per heavy atom. The van der Waals surface area contributed by atoms with Crippen molar-refractivity contribution in [2.45, 2.75) is 12.8 Å². The molecule has 0 radical (unpaired) electrons. The van der Waals surface area contributed by atoms with E-state index in [-0.39, 0.29) is 29.5 Å². The number of hydrogen-bond donors (Lipinski definition) is 2. The van der Waals surface area contributed by atoms with Crippen LogP contribution in [0, 0.1) is 0 Å². The van der Waals surface area contributed by atoms with Crippen molar-refractivity contribution < 1.29 is 15.0 Å². The SMILES string of the molecule is O=C(O)CCC(O)=c1c(=O)ccn2nc(-c3ccccc3)nc12. The summed E-state index contributed by atoms with van der Waals surface area (Å²) in [6.07, 6.45) is 1.05. The normalized spacial score (nSPS) is 12.3.